The highest BCUT2D eigenvalue weighted by molar-refractivity contribution is 5.76. The molecule has 0 radical (unpaired) electrons. The van der Waals surface area contributed by atoms with Crippen LogP contribution in [0.4, 0.5) is 0 Å². The molecule has 32 heavy (non-hydrogen) atoms. The number of carboxylic acid groups (broad SMARTS) is 1. The summed E-state index contributed by atoms with van der Waals surface area (Å²) < 4.78 is 17.1. The van der Waals surface area contributed by atoms with E-state index in [9.17, 15) is 35.4 Å². The van der Waals surface area contributed by atoms with Crippen molar-refractivity contribution >= 4 is 5.97 Å². The van der Waals surface area contributed by atoms with E-state index >= 15 is 0 Å². The summed E-state index contributed by atoms with van der Waals surface area (Å²) in [6, 6.07) is 0. The van der Waals surface area contributed by atoms with E-state index in [0.29, 0.717) is 0 Å². The lowest BCUT2D eigenvalue weighted by molar-refractivity contribution is -0.330. The summed E-state index contributed by atoms with van der Waals surface area (Å²) >= 11 is 0. The van der Waals surface area contributed by atoms with Gasteiger partial charge >= 0.3 is 5.97 Å². The molecular formula is C21H38O11. The molecule has 0 bridgehead atoms. The fourth-order valence-corrected chi connectivity index (χ4v) is 4.51. The Hall–Kier alpha value is -0.890. The van der Waals surface area contributed by atoms with Gasteiger partial charge in [0.05, 0.1) is 37.6 Å². The van der Waals surface area contributed by atoms with Gasteiger partial charge in [0.2, 0.25) is 0 Å². The van der Waals surface area contributed by atoms with Crippen molar-refractivity contribution < 1.29 is 54.8 Å². The number of ether oxygens (including phenoxy) is 3. The predicted molar refractivity (Wildman–Crippen MR) is 109 cm³/mol. The SMILES string of the molecule is CC1[C@@H](O)[C@@H](O)C(CO[C@]2(C(=O)O)C[C@@H](O)[C@@H](C)C([C@H](O)[C@H](O)CO)O2)O[C@H]1C(C)(C)C. The number of aliphatic carboxylic acids is 1. The Morgan fingerprint density at radius 3 is 2.22 bits per heavy atom. The molecule has 2 rings (SSSR count). The zero-order valence-corrected chi connectivity index (χ0v) is 19.2. The lowest BCUT2D eigenvalue weighted by atomic mass is 9.76. The smallest absolute Gasteiger partial charge is 0.364 e. The molecule has 2 saturated heterocycles. The maximum absolute atomic E-state index is 12.1. The van der Waals surface area contributed by atoms with Gasteiger partial charge in [0, 0.05) is 18.3 Å². The number of carboxylic acids is 1. The molecule has 2 aliphatic rings. The van der Waals surface area contributed by atoms with Gasteiger partial charge < -0.3 is 50.0 Å². The van der Waals surface area contributed by atoms with Crippen LogP contribution in [0, 0.1) is 17.3 Å². The van der Waals surface area contributed by atoms with Crippen LogP contribution in [0.1, 0.15) is 41.0 Å². The van der Waals surface area contributed by atoms with Gasteiger partial charge in [-0.2, -0.15) is 0 Å². The first kappa shape index (κ1) is 27.4. The molecule has 0 spiro atoms. The zero-order valence-electron chi connectivity index (χ0n) is 19.2. The standard InChI is InChI=1S/C21H38O11/c1-9-11(23)6-21(19(28)29,32-17(9)15(26)12(24)7-22)30-8-13-16(27)14(25)10(2)18(31-13)20(3,4)5/h9-18,22-27H,6-8H2,1-5H3,(H,28,29)/t9-,10?,11-,12-,13?,14-,15-,16+,17?,18-,21-/m1/s1. The highest BCUT2D eigenvalue weighted by Gasteiger charge is 2.55. The molecule has 0 aromatic heterocycles. The van der Waals surface area contributed by atoms with Crippen molar-refractivity contribution in [2.45, 2.75) is 95.7 Å². The van der Waals surface area contributed by atoms with Gasteiger partial charge in [-0.3, -0.25) is 0 Å². The summed E-state index contributed by atoms with van der Waals surface area (Å²) in [5, 5.41) is 70.5. The van der Waals surface area contributed by atoms with Crippen LogP contribution in [-0.4, -0.2) is 110 Å². The maximum atomic E-state index is 12.1. The van der Waals surface area contributed by atoms with Crippen LogP contribution < -0.4 is 0 Å². The molecule has 11 atom stereocenters. The Labute approximate surface area is 187 Å². The quantitative estimate of drug-likeness (QED) is 0.230. The molecule has 2 heterocycles. The average Bonchev–Trinajstić information content (AvgIpc) is 2.71. The van der Waals surface area contributed by atoms with Gasteiger partial charge in [-0.15, -0.1) is 0 Å². The second-order valence-electron chi connectivity index (χ2n) is 10.1. The van der Waals surface area contributed by atoms with Gasteiger partial charge in [-0.1, -0.05) is 34.6 Å². The van der Waals surface area contributed by atoms with E-state index in [-0.39, 0.29) is 11.3 Å². The van der Waals surface area contributed by atoms with Gasteiger partial charge in [0.25, 0.3) is 5.79 Å². The highest BCUT2D eigenvalue weighted by atomic mass is 16.7. The molecule has 0 aromatic carbocycles. The first-order valence-corrected chi connectivity index (χ1v) is 10.9. The van der Waals surface area contributed by atoms with Crippen molar-refractivity contribution in [3.8, 4) is 0 Å². The predicted octanol–water partition coefficient (Wildman–Crippen LogP) is -1.54. The fourth-order valence-electron chi connectivity index (χ4n) is 4.51. The molecule has 2 aliphatic heterocycles. The first-order chi connectivity index (χ1) is 14.7. The summed E-state index contributed by atoms with van der Waals surface area (Å²) in [6.07, 6.45) is -10.4. The number of aliphatic hydroxyl groups excluding tert-OH is 6. The zero-order chi connectivity index (χ0) is 24.6. The minimum Gasteiger partial charge on any atom is -0.477 e. The average molecular weight is 467 g/mol. The molecule has 0 saturated carbocycles. The fraction of sp³-hybridized carbons (Fsp3) is 0.952. The van der Waals surface area contributed by atoms with Crippen molar-refractivity contribution in [3.05, 3.63) is 0 Å². The third-order valence-electron chi connectivity index (χ3n) is 6.58. The lowest BCUT2D eigenvalue weighted by Gasteiger charge is -2.48. The summed E-state index contributed by atoms with van der Waals surface area (Å²) in [6.45, 7) is 7.72. The highest BCUT2D eigenvalue weighted by Crippen LogP contribution is 2.39. The molecule has 0 aromatic rings. The molecule has 11 heteroatoms. The lowest BCUT2D eigenvalue weighted by Crippen LogP contribution is -2.63. The van der Waals surface area contributed by atoms with E-state index < -0.39 is 86.1 Å². The summed E-state index contributed by atoms with van der Waals surface area (Å²) in [7, 11) is 0. The van der Waals surface area contributed by atoms with Crippen molar-refractivity contribution in [1.82, 2.24) is 0 Å². The Kier molecular flexibility index (Phi) is 8.69. The third kappa shape index (κ3) is 5.43. The van der Waals surface area contributed by atoms with Crippen molar-refractivity contribution in [1.29, 1.82) is 0 Å². The van der Waals surface area contributed by atoms with Crippen LogP contribution >= 0.6 is 0 Å². The molecule has 0 amide bonds. The number of rotatable bonds is 7. The van der Waals surface area contributed by atoms with E-state index in [4.69, 9.17) is 19.3 Å². The maximum Gasteiger partial charge on any atom is 0.364 e. The third-order valence-corrected chi connectivity index (χ3v) is 6.58. The molecule has 3 unspecified atom stereocenters. The molecule has 11 nitrogen and oxygen atoms in total. The van der Waals surface area contributed by atoms with Crippen molar-refractivity contribution in [2.75, 3.05) is 13.2 Å². The van der Waals surface area contributed by atoms with Crippen LogP contribution in [0.5, 0.6) is 0 Å². The minimum absolute atomic E-state index is 0.383. The molecule has 0 aliphatic carbocycles. The Morgan fingerprint density at radius 1 is 1.12 bits per heavy atom. The number of hydrogen-bond donors (Lipinski definition) is 7. The number of carbonyl (C=O) groups is 1. The number of aliphatic hydroxyl groups is 6. The topological polar surface area (TPSA) is 186 Å². The van der Waals surface area contributed by atoms with E-state index in [1.807, 2.05) is 20.8 Å². The van der Waals surface area contributed by atoms with E-state index in [1.54, 1.807) is 6.92 Å². The second-order valence-corrected chi connectivity index (χ2v) is 10.1. The molecule has 7 N–H and O–H groups in total. The van der Waals surface area contributed by atoms with E-state index in [0.717, 1.165) is 0 Å². The van der Waals surface area contributed by atoms with Crippen LogP contribution in [0.2, 0.25) is 0 Å². The van der Waals surface area contributed by atoms with E-state index in [2.05, 4.69) is 0 Å². The monoisotopic (exact) mass is 466 g/mol. The summed E-state index contributed by atoms with van der Waals surface area (Å²) in [4.78, 5) is 12.1. The molecular weight excluding hydrogens is 428 g/mol. The Morgan fingerprint density at radius 2 is 1.72 bits per heavy atom. The van der Waals surface area contributed by atoms with Crippen molar-refractivity contribution in [3.63, 3.8) is 0 Å². The van der Waals surface area contributed by atoms with Crippen LogP contribution in [-0.2, 0) is 19.0 Å². The summed E-state index contributed by atoms with van der Waals surface area (Å²) in [5.41, 5.74) is -0.383. The van der Waals surface area contributed by atoms with Crippen LogP contribution in [0.25, 0.3) is 0 Å². The minimum atomic E-state index is -2.40. The van der Waals surface area contributed by atoms with Gasteiger partial charge in [0.1, 0.15) is 24.4 Å². The first-order valence-electron chi connectivity index (χ1n) is 10.9. The largest absolute Gasteiger partial charge is 0.477 e. The second kappa shape index (κ2) is 10.2. The van der Waals surface area contributed by atoms with Crippen molar-refractivity contribution in [2.24, 2.45) is 17.3 Å². The van der Waals surface area contributed by atoms with Crippen LogP contribution in [0.15, 0.2) is 0 Å². The van der Waals surface area contributed by atoms with Gasteiger partial charge in [-0.25, -0.2) is 4.79 Å². The molecule has 2 fully saturated rings. The van der Waals surface area contributed by atoms with Gasteiger partial charge in [0.15, 0.2) is 0 Å². The Bertz CT molecular complexity index is 638. The number of hydrogen-bond acceptors (Lipinski definition) is 10. The van der Waals surface area contributed by atoms with E-state index in [1.165, 1.54) is 6.92 Å². The Balaban J connectivity index is 2.24. The summed E-state index contributed by atoms with van der Waals surface area (Å²) in [5.74, 6) is -5.14. The van der Waals surface area contributed by atoms with Gasteiger partial charge in [-0.05, 0) is 5.41 Å². The normalized spacial score (nSPS) is 43.0. The molecule has 188 valence electrons. The van der Waals surface area contributed by atoms with Crippen LogP contribution in [0.3, 0.4) is 0 Å².